The van der Waals surface area contributed by atoms with Crippen molar-refractivity contribution >= 4 is 21.9 Å². The van der Waals surface area contributed by atoms with Crippen LogP contribution in [0.25, 0.3) is 44.3 Å². The largest absolute Gasteiger partial charge is 0.456 e. The predicted octanol–water partition coefficient (Wildman–Crippen LogP) is 8.78. The van der Waals surface area contributed by atoms with Crippen molar-refractivity contribution in [2.75, 3.05) is 0 Å². The first kappa shape index (κ1) is 20.4. The Labute approximate surface area is 199 Å². The third-order valence-corrected chi connectivity index (χ3v) is 6.78. The molecule has 2 heterocycles. The van der Waals surface area contributed by atoms with Crippen LogP contribution in [0.2, 0.25) is 0 Å². The summed E-state index contributed by atoms with van der Waals surface area (Å²) in [5.41, 5.74) is 9.96. The van der Waals surface area contributed by atoms with Gasteiger partial charge in [-0.15, -0.1) is 0 Å². The quantitative estimate of drug-likeness (QED) is 0.274. The molecule has 2 heteroatoms. The number of hydrogen-bond acceptors (Lipinski definition) is 2. The summed E-state index contributed by atoms with van der Waals surface area (Å²) in [6, 6.07) is 36.2. The van der Waals surface area contributed by atoms with Crippen LogP contribution in [0.4, 0.5) is 0 Å². The van der Waals surface area contributed by atoms with Crippen LogP contribution in [0, 0.1) is 6.92 Å². The highest BCUT2D eigenvalue weighted by atomic mass is 16.3. The van der Waals surface area contributed by atoms with E-state index in [2.05, 4.69) is 122 Å². The predicted molar refractivity (Wildman–Crippen MR) is 141 cm³/mol. The molecule has 6 aromatic rings. The minimum atomic E-state index is 0.300. The molecular formula is C32H25NO. The lowest BCUT2D eigenvalue weighted by Gasteiger charge is -2.13. The molecule has 1 atom stereocenters. The van der Waals surface area contributed by atoms with Gasteiger partial charge in [0.05, 0.1) is 5.69 Å². The molecule has 0 fully saturated rings. The maximum Gasteiger partial charge on any atom is 0.138 e. The number of rotatable bonds is 4. The van der Waals surface area contributed by atoms with Crippen LogP contribution in [-0.4, -0.2) is 4.98 Å². The van der Waals surface area contributed by atoms with Gasteiger partial charge in [-0.2, -0.15) is 0 Å². The van der Waals surface area contributed by atoms with E-state index in [-0.39, 0.29) is 0 Å². The Kier molecular flexibility index (Phi) is 5.00. The Bertz CT molecular complexity index is 1610. The van der Waals surface area contributed by atoms with Gasteiger partial charge in [0.1, 0.15) is 11.2 Å². The molecule has 0 saturated carbocycles. The lowest BCUT2D eigenvalue weighted by atomic mass is 9.92. The molecule has 0 radical (unpaired) electrons. The number of furan rings is 1. The molecule has 0 amide bonds. The van der Waals surface area contributed by atoms with Crippen molar-refractivity contribution in [2.24, 2.45) is 0 Å². The first-order valence-electron chi connectivity index (χ1n) is 11.7. The standard InChI is InChI=1S/C32H25NO/c1-21-13-15-27(24-11-7-4-8-12-24)31-28-16-14-26(20-30(28)34-32(21)31)29-19-25(17-18-33-29)22(2)23-9-5-3-6-10-23/h3-20,22H,1-2H3. The second-order valence-corrected chi connectivity index (χ2v) is 8.92. The normalized spacial score (nSPS) is 12.3. The van der Waals surface area contributed by atoms with Crippen molar-refractivity contribution in [3.05, 3.63) is 126 Å². The van der Waals surface area contributed by atoms with Crippen molar-refractivity contribution < 1.29 is 4.42 Å². The van der Waals surface area contributed by atoms with Crippen LogP contribution in [0.3, 0.4) is 0 Å². The number of benzene rings is 4. The number of fused-ring (bicyclic) bond motifs is 3. The van der Waals surface area contributed by atoms with E-state index in [1.54, 1.807) is 0 Å². The van der Waals surface area contributed by atoms with Crippen molar-refractivity contribution in [1.82, 2.24) is 4.98 Å². The van der Waals surface area contributed by atoms with Gasteiger partial charge in [-0.25, -0.2) is 0 Å². The van der Waals surface area contributed by atoms with E-state index in [1.165, 1.54) is 27.6 Å². The molecule has 0 spiro atoms. The molecule has 0 aliphatic heterocycles. The molecular weight excluding hydrogens is 414 g/mol. The van der Waals surface area contributed by atoms with Crippen LogP contribution in [0.15, 0.2) is 114 Å². The van der Waals surface area contributed by atoms with E-state index in [1.807, 2.05) is 6.20 Å². The Morgan fingerprint density at radius 2 is 1.47 bits per heavy atom. The highest BCUT2D eigenvalue weighted by Gasteiger charge is 2.16. The molecule has 0 aliphatic rings. The summed E-state index contributed by atoms with van der Waals surface area (Å²) in [6.07, 6.45) is 1.91. The molecule has 6 rings (SSSR count). The molecule has 1 unspecified atom stereocenters. The monoisotopic (exact) mass is 439 g/mol. The zero-order valence-electron chi connectivity index (χ0n) is 19.3. The van der Waals surface area contributed by atoms with Crippen molar-refractivity contribution in [3.63, 3.8) is 0 Å². The smallest absolute Gasteiger partial charge is 0.138 e. The van der Waals surface area contributed by atoms with E-state index >= 15 is 0 Å². The maximum absolute atomic E-state index is 6.43. The van der Waals surface area contributed by atoms with E-state index < -0.39 is 0 Å². The lowest BCUT2D eigenvalue weighted by molar-refractivity contribution is 0.666. The Hall–Kier alpha value is -4.17. The van der Waals surface area contributed by atoms with E-state index in [4.69, 9.17) is 4.42 Å². The van der Waals surface area contributed by atoms with Gasteiger partial charge >= 0.3 is 0 Å². The van der Waals surface area contributed by atoms with Crippen LogP contribution in [-0.2, 0) is 0 Å². The molecule has 34 heavy (non-hydrogen) atoms. The topological polar surface area (TPSA) is 26.0 Å². The van der Waals surface area contributed by atoms with Gasteiger partial charge < -0.3 is 4.42 Å². The number of pyridine rings is 1. The fourth-order valence-electron chi connectivity index (χ4n) is 4.83. The van der Waals surface area contributed by atoms with Gasteiger partial charge in [0.15, 0.2) is 0 Å². The van der Waals surface area contributed by atoms with Crippen molar-refractivity contribution in [1.29, 1.82) is 0 Å². The molecule has 0 aliphatic carbocycles. The summed E-state index contributed by atoms with van der Waals surface area (Å²) in [6.45, 7) is 4.35. The van der Waals surface area contributed by atoms with Crippen LogP contribution in [0.5, 0.6) is 0 Å². The summed E-state index contributed by atoms with van der Waals surface area (Å²) in [5, 5.41) is 2.31. The summed E-state index contributed by atoms with van der Waals surface area (Å²) in [5.74, 6) is 0.300. The van der Waals surface area contributed by atoms with Gasteiger partial charge in [-0.1, -0.05) is 85.8 Å². The summed E-state index contributed by atoms with van der Waals surface area (Å²) >= 11 is 0. The van der Waals surface area contributed by atoms with Gasteiger partial charge in [-0.05, 0) is 59.0 Å². The molecule has 4 aromatic carbocycles. The lowest BCUT2D eigenvalue weighted by Crippen LogP contribution is -1.97. The summed E-state index contributed by atoms with van der Waals surface area (Å²) in [4.78, 5) is 4.69. The minimum absolute atomic E-state index is 0.300. The second kappa shape index (κ2) is 8.31. The van der Waals surface area contributed by atoms with E-state index in [0.29, 0.717) is 5.92 Å². The SMILES string of the molecule is Cc1ccc(-c2ccccc2)c2c1oc1cc(-c3cc(C(C)c4ccccc4)ccn3)ccc12. The van der Waals surface area contributed by atoms with E-state index in [9.17, 15) is 0 Å². The van der Waals surface area contributed by atoms with Gasteiger partial charge in [0, 0.05) is 28.5 Å². The third kappa shape index (κ3) is 3.48. The molecule has 0 bridgehead atoms. The number of aromatic nitrogens is 1. The van der Waals surface area contributed by atoms with Crippen LogP contribution >= 0.6 is 0 Å². The van der Waals surface area contributed by atoms with Gasteiger partial charge in [0.25, 0.3) is 0 Å². The van der Waals surface area contributed by atoms with Crippen LogP contribution < -0.4 is 0 Å². The number of aryl methyl sites for hydroxylation is 1. The average Bonchev–Trinajstić information content (AvgIpc) is 3.29. The fraction of sp³-hybridized carbons (Fsp3) is 0.0938. The molecule has 164 valence electrons. The Morgan fingerprint density at radius 3 is 2.26 bits per heavy atom. The number of hydrogen-bond donors (Lipinski definition) is 0. The highest BCUT2D eigenvalue weighted by Crippen LogP contribution is 2.39. The van der Waals surface area contributed by atoms with Gasteiger partial charge in [0.2, 0.25) is 0 Å². The summed E-state index contributed by atoms with van der Waals surface area (Å²) < 4.78 is 6.43. The molecule has 0 saturated heterocycles. The third-order valence-electron chi connectivity index (χ3n) is 6.78. The van der Waals surface area contributed by atoms with E-state index in [0.717, 1.165) is 33.4 Å². The zero-order valence-corrected chi connectivity index (χ0v) is 19.3. The van der Waals surface area contributed by atoms with Crippen molar-refractivity contribution in [3.8, 4) is 22.4 Å². The summed E-state index contributed by atoms with van der Waals surface area (Å²) in [7, 11) is 0. The average molecular weight is 440 g/mol. The Morgan fingerprint density at radius 1 is 0.706 bits per heavy atom. The second-order valence-electron chi connectivity index (χ2n) is 8.92. The molecule has 2 aromatic heterocycles. The molecule has 0 N–H and O–H groups in total. The maximum atomic E-state index is 6.43. The first-order valence-corrected chi connectivity index (χ1v) is 11.7. The van der Waals surface area contributed by atoms with Crippen LogP contribution in [0.1, 0.15) is 29.5 Å². The Balaban J connectivity index is 1.47. The zero-order chi connectivity index (χ0) is 23.1. The highest BCUT2D eigenvalue weighted by molar-refractivity contribution is 6.13. The molecule has 2 nitrogen and oxygen atoms in total. The fourth-order valence-corrected chi connectivity index (χ4v) is 4.83. The van der Waals surface area contributed by atoms with Gasteiger partial charge in [-0.3, -0.25) is 4.98 Å². The van der Waals surface area contributed by atoms with Crippen molar-refractivity contribution in [2.45, 2.75) is 19.8 Å². The number of nitrogens with zero attached hydrogens (tertiary/aromatic N) is 1. The first-order chi connectivity index (χ1) is 16.7. The minimum Gasteiger partial charge on any atom is -0.456 e.